The van der Waals surface area contributed by atoms with E-state index >= 15 is 0 Å². The van der Waals surface area contributed by atoms with Crippen LogP contribution in [0.3, 0.4) is 0 Å². The van der Waals surface area contributed by atoms with Crippen LogP contribution < -0.4 is 10.9 Å². The predicted molar refractivity (Wildman–Crippen MR) is 86.9 cm³/mol. The van der Waals surface area contributed by atoms with Gasteiger partial charge in [0.1, 0.15) is 5.58 Å². The zero-order chi connectivity index (χ0) is 15.7. The van der Waals surface area contributed by atoms with E-state index < -0.39 is 5.63 Å². The van der Waals surface area contributed by atoms with Gasteiger partial charge in [-0.2, -0.15) is 0 Å². The van der Waals surface area contributed by atoms with Crippen LogP contribution in [0.5, 0.6) is 0 Å². The van der Waals surface area contributed by atoms with Crippen LogP contribution in [0.4, 0.5) is 5.69 Å². The van der Waals surface area contributed by atoms with Crippen molar-refractivity contribution in [3.8, 4) is 0 Å². The highest BCUT2D eigenvalue weighted by Crippen LogP contribution is 2.23. The van der Waals surface area contributed by atoms with Crippen LogP contribution in [0, 0.1) is 0 Å². The zero-order valence-electron chi connectivity index (χ0n) is 11.1. The van der Waals surface area contributed by atoms with Gasteiger partial charge in [-0.15, -0.1) is 0 Å². The minimum atomic E-state index is -0.419. The fourth-order valence-corrected chi connectivity index (χ4v) is 2.52. The molecule has 2 aromatic carbocycles. The summed E-state index contributed by atoms with van der Waals surface area (Å²) in [6.45, 7) is 0. The second kappa shape index (κ2) is 5.83. The first-order valence-corrected chi connectivity index (χ1v) is 7.09. The van der Waals surface area contributed by atoms with Crippen LogP contribution in [-0.2, 0) is 0 Å². The molecule has 1 heterocycles. The fourth-order valence-electron chi connectivity index (χ4n) is 2.02. The molecule has 22 heavy (non-hydrogen) atoms. The Balaban J connectivity index is 1.90. The molecule has 3 rings (SSSR count). The lowest BCUT2D eigenvalue weighted by Crippen LogP contribution is -2.12. The lowest BCUT2D eigenvalue weighted by atomic mass is 10.2. The number of carbonyl (C=O) groups is 1. The molecule has 0 spiro atoms. The van der Waals surface area contributed by atoms with Crippen molar-refractivity contribution in [2.75, 3.05) is 5.32 Å². The lowest BCUT2D eigenvalue weighted by molar-refractivity contribution is 0.102. The molecule has 0 unspecified atom stereocenters. The van der Waals surface area contributed by atoms with E-state index in [1.54, 1.807) is 36.4 Å². The number of carbonyl (C=O) groups excluding carboxylic acids is 1. The number of nitrogens with one attached hydrogen (secondary N) is 1. The number of halogens is 2. The van der Waals surface area contributed by atoms with E-state index in [9.17, 15) is 9.59 Å². The van der Waals surface area contributed by atoms with Crippen LogP contribution in [0.1, 0.15) is 10.4 Å². The summed E-state index contributed by atoms with van der Waals surface area (Å²) in [7, 11) is 0. The molecule has 0 bridgehead atoms. The number of rotatable bonds is 2. The van der Waals surface area contributed by atoms with E-state index in [1.165, 1.54) is 12.1 Å². The summed E-state index contributed by atoms with van der Waals surface area (Å²) in [5, 5.41) is 4.18. The first-order chi connectivity index (χ1) is 10.5. The molecule has 110 valence electrons. The van der Waals surface area contributed by atoms with Crippen molar-refractivity contribution in [3.05, 3.63) is 74.6 Å². The third-order valence-electron chi connectivity index (χ3n) is 3.05. The van der Waals surface area contributed by atoms with E-state index in [-0.39, 0.29) is 10.9 Å². The van der Waals surface area contributed by atoms with Gasteiger partial charge in [-0.1, -0.05) is 23.2 Å². The highest BCUT2D eigenvalue weighted by molar-refractivity contribution is 6.37. The summed E-state index contributed by atoms with van der Waals surface area (Å²) in [5.41, 5.74) is 0.926. The monoisotopic (exact) mass is 333 g/mol. The van der Waals surface area contributed by atoms with Crippen molar-refractivity contribution in [1.29, 1.82) is 0 Å². The average Bonchev–Trinajstić information content (AvgIpc) is 2.47. The maximum atomic E-state index is 12.2. The first kappa shape index (κ1) is 14.6. The van der Waals surface area contributed by atoms with Crippen LogP contribution >= 0.6 is 23.2 Å². The number of hydrogen-bond donors (Lipinski definition) is 1. The first-order valence-electron chi connectivity index (χ1n) is 6.33. The molecule has 0 fully saturated rings. The maximum Gasteiger partial charge on any atom is 0.336 e. The Bertz CT molecular complexity index is 934. The molecule has 1 amide bonds. The molecule has 0 saturated carbocycles. The Morgan fingerprint density at radius 3 is 2.59 bits per heavy atom. The van der Waals surface area contributed by atoms with E-state index in [0.29, 0.717) is 27.2 Å². The molecule has 0 aliphatic rings. The van der Waals surface area contributed by atoms with Crippen molar-refractivity contribution in [1.82, 2.24) is 0 Å². The van der Waals surface area contributed by atoms with Gasteiger partial charge in [0.15, 0.2) is 0 Å². The molecule has 0 saturated heterocycles. The zero-order valence-corrected chi connectivity index (χ0v) is 12.6. The van der Waals surface area contributed by atoms with E-state index in [0.717, 1.165) is 0 Å². The molecule has 0 aliphatic carbocycles. The van der Waals surface area contributed by atoms with Crippen LogP contribution in [-0.4, -0.2) is 5.91 Å². The van der Waals surface area contributed by atoms with Gasteiger partial charge >= 0.3 is 5.63 Å². The standard InChI is InChI=1S/C16H9Cl2NO3/c17-10-2-4-12(13(18)8-10)16(21)19-11-3-5-14-9(7-11)1-6-15(20)22-14/h1-8H,(H,19,21). The predicted octanol–water partition coefficient (Wildman–Crippen LogP) is 4.35. The summed E-state index contributed by atoms with van der Waals surface area (Å²) >= 11 is 11.8. The number of hydrogen-bond acceptors (Lipinski definition) is 3. The lowest BCUT2D eigenvalue weighted by Gasteiger charge is -2.07. The van der Waals surface area contributed by atoms with Crippen molar-refractivity contribution in [2.24, 2.45) is 0 Å². The minimum Gasteiger partial charge on any atom is -0.423 e. The average molecular weight is 334 g/mol. The van der Waals surface area contributed by atoms with Gasteiger partial charge in [-0.3, -0.25) is 4.79 Å². The summed E-state index contributed by atoms with van der Waals surface area (Å²) in [4.78, 5) is 23.4. The quantitative estimate of drug-likeness (QED) is 0.709. The van der Waals surface area contributed by atoms with Crippen LogP contribution in [0.15, 0.2) is 57.7 Å². The van der Waals surface area contributed by atoms with Crippen LogP contribution in [0.25, 0.3) is 11.0 Å². The summed E-state index contributed by atoms with van der Waals surface area (Å²) in [6.07, 6.45) is 0. The number of fused-ring (bicyclic) bond motifs is 1. The summed E-state index contributed by atoms with van der Waals surface area (Å²) in [5.74, 6) is -0.349. The summed E-state index contributed by atoms with van der Waals surface area (Å²) in [6, 6.07) is 12.6. The second-order valence-electron chi connectivity index (χ2n) is 4.59. The Morgan fingerprint density at radius 1 is 1.00 bits per heavy atom. The Morgan fingerprint density at radius 2 is 1.82 bits per heavy atom. The third-order valence-corrected chi connectivity index (χ3v) is 3.60. The molecular weight excluding hydrogens is 325 g/mol. The Hall–Kier alpha value is -2.30. The number of benzene rings is 2. The Kier molecular flexibility index (Phi) is 3.88. The van der Waals surface area contributed by atoms with Gasteiger partial charge in [-0.25, -0.2) is 4.79 Å². The van der Waals surface area contributed by atoms with E-state index in [2.05, 4.69) is 5.32 Å². The molecule has 0 aliphatic heterocycles. The van der Waals surface area contributed by atoms with Crippen molar-refractivity contribution >= 4 is 45.8 Å². The van der Waals surface area contributed by atoms with Gasteiger partial charge in [0.25, 0.3) is 5.91 Å². The smallest absolute Gasteiger partial charge is 0.336 e. The Labute approximate surface area is 135 Å². The van der Waals surface area contributed by atoms with Gasteiger partial charge in [0.2, 0.25) is 0 Å². The van der Waals surface area contributed by atoms with Crippen LogP contribution in [0.2, 0.25) is 10.0 Å². The molecule has 3 aromatic rings. The molecule has 6 heteroatoms. The number of anilines is 1. The number of amides is 1. The van der Waals surface area contributed by atoms with Gasteiger partial charge in [-0.05, 0) is 42.5 Å². The highest BCUT2D eigenvalue weighted by Gasteiger charge is 2.11. The SMILES string of the molecule is O=C(Nc1ccc2oc(=O)ccc2c1)c1ccc(Cl)cc1Cl. The van der Waals surface area contributed by atoms with Crippen molar-refractivity contribution in [2.45, 2.75) is 0 Å². The highest BCUT2D eigenvalue weighted by atomic mass is 35.5. The van der Waals surface area contributed by atoms with Crippen molar-refractivity contribution in [3.63, 3.8) is 0 Å². The summed E-state index contributed by atoms with van der Waals surface area (Å²) < 4.78 is 5.03. The molecule has 4 nitrogen and oxygen atoms in total. The van der Waals surface area contributed by atoms with Gasteiger partial charge in [0, 0.05) is 22.2 Å². The molecular formula is C16H9Cl2NO3. The fraction of sp³-hybridized carbons (Fsp3) is 0. The maximum absolute atomic E-state index is 12.2. The molecule has 1 aromatic heterocycles. The second-order valence-corrected chi connectivity index (χ2v) is 5.43. The minimum absolute atomic E-state index is 0.275. The molecule has 1 N–H and O–H groups in total. The van der Waals surface area contributed by atoms with E-state index in [4.69, 9.17) is 27.6 Å². The van der Waals surface area contributed by atoms with Gasteiger partial charge < -0.3 is 9.73 Å². The van der Waals surface area contributed by atoms with Crippen molar-refractivity contribution < 1.29 is 9.21 Å². The topological polar surface area (TPSA) is 59.3 Å². The normalized spacial score (nSPS) is 10.6. The van der Waals surface area contributed by atoms with E-state index in [1.807, 2.05) is 0 Å². The molecule has 0 atom stereocenters. The molecule has 0 radical (unpaired) electrons. The largest absolute Gasteiger partial charge is 0.423 e. The van der Waals surface area contributed by atoms with Gasteiger partial charge in [0.05, 0.1) is 10.6 Å². The third kappa shape index (κ3) is 2.98.